The number of para-hydroxylation sites is 1. The van der Waals surface area contributed by atoms with Crippen LogP contribution in [0.3, 0.4) is 0 Å². The molecule has 0 aliphatic rings. The highest BCUT2D eigenvalue weighted by molar-refractivity contribution is 6.45. The Balaban J connectivity index is 1.17. The number of anilines is 6. The number of rotatable bonds is 8. The van der Waals surface area contributed by atoms with Crippen molar-refractivity contribution in [3.05, 3.63) is 240 Å². The van der Waals surface area contributed by atoms with Gasteiger partial charge in [-0.15, -0.1) is 0 Å². The third-order valence-electron chi connectivity index (χ3n) is 13.3. The van der Waals surface area contributed by atoms with E-state index in [2.05, 4.69) is 255 Å². The highest BCUT2D eigenvalue weighted by Gasteiger charge is 2.27. The van der Waals surface area contributed by atoms with Crippen LogP contribution in [0, 0.1) is 20.8 Å². The van der Waals surface area contributed by atoms with Crippen molar-refractivity contribution < 1.29 is 0 Å². The van der Waals surface area contributed by atoms with E-state index in [4.69, 9.17) is 0 Å². The Morgan fingerprint density at radius 2 is 0.538 bits per heavy atom. The summed E-state index contributed by atoms with van der Waals surface area (Å²) in [5.74, 6) is 0. The molecule has 12 aromatic carbocycles. The van der Waals surface area contributed by atoms with Gasteiger partial charge in [0.2, 0.25) is 0 Å². The summed E-state index contributed by atoms with van der Waals surface area (Å²) in [5.41, 5.74) is 12.9. The van der Waals surface area contributed by atoms with Crippen molar-refractivity contribution in [1.82, 2.24) is 0 Å². The summed E-state index contributed by atoms with van der Waals surface area (Å²) in [7, 11) is 0. The average Bonchev–Trinajstić information content (AvgIpc) is 3.35. The minimum absolute atomic E-state index is 1.11. The van der Waals surface area contributed by atoms with Crippen LogP contribution < -0.4 is 9.80 Å². The van der Waals surface area contributed by atoms with Crippen molar-refractivity contribution in [2.24, 2.45) is 0 Å². The van der Waals surface area contributed by atoms with Crippen molar-refractivity contribution in [3.8, 4) is 0 Å². The fraction of sp³-hybridized carbons (Fsp3) is 0.0476. The molecule has 0 atom stereocenters. The second-order valence-electron chi connectivity index (χ2n) is 17.5. The molecule has 2 nitrogen and oxygen atoms in total. The molecule has 0 amide bonds. The highest BCUT2D eigenvalue weighted by atomic mass is 15.2. The van der Waals surface area contributed by atoms with Gasteiger partial charge in [0.05, 0.1) is 11.4 Å². The van der Waals surface area contributed by atoms with Crippen LogP contribution in [-0.4, -0.2) is 0 Å². The van der Waals surface area contributed by atoms with Gasteiger partial charge in [-0.2, -0.15) is 0 Å². The van der Waals surface area contributed by atoms with E-state index in [9.17, 15) is 0 Å². The number of nitrogens with zero attached hydrogens (tertiary/aromatic N) is 2. The van der Waals surface area contributed by atoms with E-state index in [1.54, 1.807) is 0 Å². The number of fused-ring (bicyclic) bond motifs is 6. The maximum absolute atomic E-state index is 2.48. The summed E-state index contributed by atoms with van der Waals surface area (Å²) < 4.78 is 0. The minimum Gasteiger partial charge on any atom is -0.309 e. The Morgan fingerprint density at radius 1 is 0.246 bits per heavy atom. The third kappa shape index (κ3) is 6.40. The molecule has 2 heteroatoms. The van der Waals surface area contributed by atoms with Crippen LogP contribution in [0.15, 0.2) is 212 Å². The quantitative estimate of drug-likeness (QED) is 0.0855. The number of aryl methyl sites for hydroxylation is 3. The highest BCUT2D eigenvalue weighted by Crippen LogP contribution is 2.54. The van der Waals surface area contributed by atoms with Crippen LogP contribution in [0.25, 0.3) is 76.8 Å². The first-order valence-corrected chi connectivity index (χ1v) is 22.6. The molecule has 0 N–H and O–H groups in total. The Hall–Kier alpha value is -8.20. The van der Waals surface area contributed by atoms with Gasteiger partial charge in [0.15, 0.2) is 0 Å². The maximum Gasteiger partial charge on any atom is 0.0619 e. The molecule has 308 valence electrons. The zero-order valence-electron chi connectivity index (χ0n) is 36.8. The zero-order valence-corrected chi connectivity index (χ0v) is 36.8. The maximum atomic E-state index is 2.48. The zero-order chi connectivity index (χ0) is 43.6. The molecule has 0 unspecified atom stereocenters. The lowest BCUT2D eigenvalue weighted by atomic mass is 9.83. The number of hydrogen-bond donors (Lipinski definition) is 0. The molecule has 0 spiro atoms. The van der Waals surface area contributed by atoms with Gasteiger partial charge in [0.1, 0.15) is 0 Å². The van der Waals surface area contributed by atoms with E-state index < -0.39 is 0 Å². The molecule has 0 aliphatic carbocycles. The van der Waals surface area contributed by atoms with Crippen LogP contribution in [0.2, 0.25) is 0 Å². The minimum atomic E-state index is 1.11. The van der Waals surface area contributed by atoms with Crippen LogP contribution in [0.4, 0.5) is 34.1 Å². The monoisotopic (exact) mass is 830 g/mol. The van der Waals surface area contributed by atoms with E-state index >= 15 is 0 Å². The molecule has 0 fully saturated rings. The Morgan fingerprint density at radius 3 is 0.969 bits per heavy atom. The molecular weight excluding hydrogens is 785 g/mol. The first-order chi connectivity index (χ1) is 32.0. The van der Waals surface area contributed by atoms with Crippen molar-refractivity contribution in [1.29, 1.82) is 0 Å². The number of hydrogen-bond acceptors (Lipinski definition) is 2. The Kier molecular flexibility index (Phi) is 9.21. The van der Waals surface area contributed by atoms with E-state index in [-0.39, 0.29) is 0 Å². The molecule has 0 radical (unpaired) electrons. The average molecular weight is 831 g/mol. The van der Waals surface area contributed by atoms with Crippen LogP contribution in [0.1, 0.15) is 27.8 Å². The first-order valence-electron chi connectivity index (χ1n) is 22.6. The molecule has 0 saturated carbocycles. The topological polar surface area (TPSA) is 6.48 Å². The van der Waals surface area contributed by atoms with Gasteiger partial charge >= 0.3 is 0 Å². The van der Waals surface area contributed by atoms with Crippen LogP contribution in [-0.2, 0) is 0 Å². The van der Waals surface area contributed by atoms with Crippen LogP contribution >= 0.6 is 0 Å². The Labute approximate surface area is 379 Å². The largest absolute Gasteiger partial charge is 0.309 e. The van der Waals surface area contributed by atoms with Crippen molar-refractivity contribution >= 4 is 111 Å². The van der Waals surface area contributed by atoms with Crippen molar-refractivity contribution in [3.63, 3.8) is 0 Å². The molecule has 0 bridgehead atoms. The standard InChI is InChI=1S/C63H46N2/c1-41-23-29-44(30-24-41)31-32-45-33-39-49(40-34-45)65(48-37-27-43(3)28-38-48)63-53-18-10-8-16-51(53)59-54-19-11-21-56-60(54)58(55-20-12-22-57(63)61(55)59)50-15-7-9-17-52(50)62(56)64(46-13-5-4-6-14-46)47-35-25-42(2)26-36-47/h4-40H,1-3H3/b32-31+. The van der Waals surface area contributed by atoms with E-state index in [0.29, 0.717) is 0 Å². The SMILES string of the molecule is Cc1ccc(/C=C/c2ccc(N(c3ccc(C)cc3)c3c4ccccc4c4c5cccc6c(N(c7ccccc7)c7ccc(C)cc7)c7ccccc7c(c7cccc3c74)c65)cc2)cc1. The van der Waals surface area contributed by atoms with Gasteiger partial charge in [-0.3, -0.25) is 0 Å². The summed E-state index contributed by atoms with van der Waals surface area (Å²) in [6, 6.07) is 78.6. The first kappa shape index (κ1) is 38.5. The molecular formula is C63H46N2. The predicted molar refractivity (Wildman–Crippen MR) is 282 cm³/mol. The fourth-order valence-corrected chi connectivity index (χ4v) is 10.3. The molecule has 12 aromatic rings. The Bertz CT molecular complexity index is 3750. The van der Waals surface area contributed by atoms with Gasteiger partial charge < -0.3 is 9.80 Å². The second-order valence-corrected chi connectivity index (χ2v) is 17.5. The normalized spacial score (nSPS) is 11.9. The second kappa shape index (κ2) is 15.6. The third-order valence-corrected chi connectivity index (χ3v) is 13.3. The molecule has 0 heterocycles. The van der Waals surface area contributed by atoms with Gasteiger partial charge in [-0.05, 0) is 113 Å². The van der Waals surface area contributed by atoms with Gasteiger partial charge in [0, 0.05) is 55.1 Å². The molecule has 0 saturated heterocycles. The lowest BCUT2D eigenvalue weighted by Crippen LogP contribution is -2.12. The van der Waals surface area contributed by atoms with Crippen LogP contribution in [0.5, 0.6) is 0 Å². The fourth-order valence-electron chi connectivity index (χ4n) is 10.3. The summed E-state index contributed by atoms with van der Waals surface area (Å²) in [6.45, 7) is 6.45. The van der Waals surface area contributed by atoms with Gasteiger partial charge in [0.25, 0.3) is 0 Å². The number of benzene rings is 12. The van der Waals surface area contributed by atoms with Crippen molar-refractivity contribution in [2.75, 3.05) is 9.80 Å². The van der Waals surface area contributed by atoms with E-state index in [1.807, 2.05) is 0 Å². The predicted octanol–water partition coefficient (Wildman–Crippen LogP) is 18.1. The summed E-state index contributed by atoms with van der Waals surface area (Å²) in [5, 5.41) is 15.0. The summed E-state index contributed by atoms with van der Waals surface area (Å²) >= 11 is 0. The van der Waals surface area contributed by atoms with Gasteiger partial charge in [-0.25, -0.2) is 0 Å². The van der Waals surface area contributed by atoms with E-state index in [1.165, 1.54) is 98.3 Å². The lowest BCUT2D eigenvalue weighted by Gasteiger charge is -2.31. The molecule has 0 aromatic heterocycles. The lowest BCUT2D eigenvalue weighted by molar-refractivity contribution is 1.30. The summed E-state index contributed by atoms with van der Waals surface area (Å²) in [4.78, 5) is 4.94. The molecule has 0 aliphatic heterocycles. The molecule has 65 heavy (non-hydrogen) atoms. The smallest absolute Gasteiger partial charge is 0.0619 e. The molecule has 12 rings (SSSR count). The summed E-state index contributed by atoms with van der Waals surface area (Å²) in [6.07, 6.45) is 4.40. The van der Waals surface area contributed by atoms with Gasteiger partial charge in [-0.1, -0.05) is 193 Å². The van der Waals surface area contributed by atoms with E-state index in [0.717, 1.165) is 28.3 Å². The van der Waals surface area contributed by atoms with Crippen molar-refractivity contribution in [2.45, 2.75) is 20.8 Å².